The topological polar surface area (TPSA) is 41.9 Å². The van der Waals surface area contributed by atoms with Gasteiger partial charge in [0.05, 0.1) is 0 Å². The van der Waals surface area contributed by atoms with Crippen LogP contribution in [0.4, 0.5) is 13.2 Å². The fraction of sp³-hybridized carbons (Fsp3) is 0.471. The molecule has 24 heavy (non-hydrogen) atoms. The second-order valence-corrected chi connectivity index (χ2v) is 6.02. The Morgan fingerprint density at radius 2 is 2.00 bits per heavy atom. The number of nitrogens with zero attached hydrogens (tertiary/aromatic N) is 4. The third-order valence-corrected chi connectivity index (χ3v) is 4.06. The van der Waals surface area contributed by atoms with E-state index in [4.69, 9.17) is 0 Å². The molecule has 0 amide bonds. The van der Waals surface area contributed by atoms with Gasteiger partial charge in [-0.1, -0.05) is 13.0 Å². The van der Waals surface area contributed by atoms with Gasteiger partial charge < -0.3 is 0 Å². The summed E-state index contributed by atoms with van der Waals surface area (Å²) in [5.41, 5.74) is 2.11. The Morgan fingerprint density at radius 1 is 1.17 bits per heavy atom. The summed E-state index contributed by atoms with van der Waals surface area (Å²) >= 11 is 0. The number of pyridine rings is 1. The molecule has 0 fully saturated rings. The van der Waals surface area contributed by atoms with E-state index in [0.29, 0.717) is 13.1 Å². The zero-order valence-electron chi connectivity index (χ0n) is 13.5. The van der Waals surface area contributed by atoms with E-state index >= 15 is 0 Å². The zero-order valence-corrected chi connectivity index (χ0v) is 13.5. The van der Waals surface area contributed by atoms with Gasteiger partial charge in [-0.05, 0) is 18.1 Å². The molecule has 0 aliphatic carbocycles. The van der Waals surface area contributed by atoms with Crippen LogP contribution in [0.15, 0.2) is 24.5 Å². The van der Waals surface area contributed by atoms with Crippen LogP contribution in [0, 0.1) is 0 Å². The van der Waals surface area contributed by atoms with E-state index in [1.54, 1.807) is 0 Å². The quantitative estimate of drug-likeness (QED) is 0.858. The standard InChI is InChI=1S/C17H19F3N4/c1-2-3-16-22-9-13-11-24(7-6-14(13)23-16)10-12-4-5-15(21-8-12)17(18,19)20/h4-5,8-9H,2-3,6-7,10-11H2,1H3. The summed E-state index contributed by atoms with van der Waals surface area (Å²) < 4.78 is 37.6. The third-order valence-electron chi connectivity index (χ3n) is 4.06. The molecule has 128 valence electrons. The highest BCUT2D eigenvalue weighted by Crippen LogP contribution is 2.27. The molecule has 0 saturated heterocycles. The van der Waals surface area contributed by atoms with Gasteiger partial charge >= 0.3 is 6.18 Å². The largest absolute Gasteiger partial charge is 0.433 e. The number of hydrogen-bond acceptors (Lipinski definition) is 4. The van der Waals surface area contributed by atoms with Crippen molar-refractivity contribution in [2.24, 2.45) is 0 Å². The number of rotatable bonds is 4. The molecule has 2 aromatic heterocycles. The molecule has 1 aliphatic rings. The van der Waals surface area contributed by atoms with E-state index in [1.807, 2.05) is 6.20 Å². The molecule has 3 rings (SSSR count). The molecule has 0 radical (unpaired) electrons. The molecular weight excluding hydrogens is 317 g/mol. The molecule has 0 spiro atoms. The molecule has 4 nitrogen and oxygen atoms in total. The second-order valence-electron chi connectivity index (χ2n) is 6.02. The maximum Gasteiger partial charge on any atom is 0.433 e. The van der Waals surface area contributed by atoms with Gasteiger partial charge in [0.15, 0.2) is 0 Å². The first-order valence-corrected chi connectivity index (χ1v) is 8.04. The molecule has 0 unspecified atom stereocenters. The Hall–Kier alpha value is -2.02. The maximum absolute atomic E-state index is 12.5. The van der Waals surface area contributed by atoms with E-state index < -0.39 is 11.9 Å². The number of aromatic nitrogens is 3. The number of fused-ring (bicyclic) bond motifs is 1. The lowest BCUT2D eigenvalue weighted by atomic mass is 10.1. The summed E-state index contributed by atoms with van der Waals surface area (Å²) in [6, 6.07) is 2.53. The van der Waals surface area contributed by atoms with Crippen molar-refractivity contribution in [3.63, 3.8) is 0 Å². The Bertz CT molecular complexity index is 698. The van der Waals surface area contributed by atoms with Crippen molar-refractivity contribution >= 4 is 0 Å². The van der Waals surface area contributed by atoms with E-state index in [9.17, 15) is 13.2 Å². The first kappa shape index (κ1) is 16.8. The molecule has 3 heterocycles. The van der Waals surface area contributed by atoms with Crippen molar-refractivity contribution in [2.45, 2.75) is 45.5 Å². The second kappa shape index (κ2) is 6.84. The van der Waals surface area contributed by atoms with Crippen LogP contribution < -0.4 is 0 Å². The minimum Gasteiger partial charge on any atom is -0.294 e. The van der Waals surface area contributed by atoms with Gasteiger partial charge in [0.2, 0.25) is 0 Å². The van der Waals surface area contributed by atoms with Crippen molar-refractivity contribution in [1.29, 1.82) is 0 Å². The first-order valence-electron chi connectivity index (χ1n) is 8.04. The number of alkyl halides is 3. The van der Waals surface area contributed by atoms with Gasteiger partial charge in [0, 0.05) is 56.1 Å². The van der Waals surface area contributed by atoms with Gasteiger partial charge in [-0.25, -0.2) is 9.97 Å². The number of aryl methyl sites for hydroxylation is 1. The van der Waals surface area contributed by atoms with Crippen LogP contribution in [-0.4, -0.2) is 26.4 Å². The summed E-state index contributed by atoms with van der Waals surface area (Å²) in [7, 11) is 0. The molecule has 0 N–H and O–H groups in total. The van der Waals surface area contributed by atoms with Crippen LogP contribution in [0.2, 0.25) is 0 Å². The lowest BCUT2D eigenvalue weighted by Crippen LogP contribution is -2.31. The van der Waals surface area contributed by atoms with Crippen LogP contribution in [0.5, 0.6) is 0 Å². The molecule has 0 bridgehead atoms. The molecular formula is C17H19F3N4. The Morgan fingerprint density at radius 3 is 2.67 bits per heavy atom. The number of halogens is 3. The van der Waals surface area contributed by atoms with Gasteiger partial charge in [0.1, 0.15) is 11.5 Å². The summed E-state index contributed by atoms with van der Waals surface area (Å²) in [4.78, 5) is 14.7. The normalized spacial score (nSPS) is 15.3. The summed E-state index contributed by atoms with van der Waals surface area (Å²) in [6.07, 6.45) is 1.53. The van der Waals surface area contributed by atoms with Crippen molar-refractivity contribution in [1.82, 2.24) is 19.9 Å². The van der Waals surface area contributed by atoms with E-state index in [0.717, 1.165) is 54.5 Å². The molecule has 0 aromatic carbocycles. The monoisotopic (exact) mass is 336 g/mol. The molecule has 7 heteroatoms. The highest BCUT2D eigenvalue weighted by Gasteiger charge is 2.32. The molecule has 0 saturated carbocycles. The summed E-state index contributed by atoms with van der Waals surface area (Å²) in [5.74, 6) is 0.886. The van der Waals surface area contributed by atoms with Gasteiger partial charge in [0.25, 0.3) is 0 Å². The average Bonchev–Trinajstić information content (AvgIpc) is 2.55. The van der Waals surface area contributed by atoms with Crippen LogP contribution in [0.1, 0.15) is 41.7 Å². The molecule has 1 aliphatic heterocycles. The van der Waals surface area contributed by atoms with E-state index in [-0.39, 0.29) is 0 Å². The van der Waals surface area contributed by atoms with Crippen molar-refractivity contribution in [2.75, 3.05) is 6.54 Å². The van der Waals surface area contributed by atoms with Crippen molar-refractivity contribution in [3.05, 3.63) is 52.9 Å². The number of hydrogen-bond donors (Lipinski definition) is 0. The fourth-order valence-corrected chi connectivity index (χ4v) is 2.84. The predicted molar refractivity (Wildman–Crippen MR) is 83.1 cm³/mol. The van der Waals surface area contributed by atoms with Crippen LogP contribution in [-0.2, 0) is 32.1 Å². The smallest absolute Gasteiger partial charge is 0.294 e. The van der Waals surface area contributed by atoms with Gasteiger partial charge in [-0.15, -0.1) is 0 Å². The highest BCUT2D eigenvalue weighted by atomic mass is 19.4. The van der Waals surface area contributed by atoms with Crippen molar-refractivity contribution < 1.29 is 13.2 Å². The summed E-state index contributed by atoms with van der Waals surface area (Å²) in [6.45, 7) is 4.21. The highest BCUT2D eigenvalue weighted by molar-refractivity contribution is 5.22. The summed E-state index contributed by atoms with van der Waals surface area (Å²) in [5, 5.41) is 0. The zero-order chi connectivity index (χ0) is 17.2. The SMILES string of the molecule is CCCc1ncc2c(n1)CCN(Cc1ccc(C(F)(F)F)nc1)C2. The first-order chi connectivity index (χ1) is 11.5. The molecule has 2 aromatic rings. The van der Waals surface area contributed by atoms with Crippen LogP contribution in [0.25, 0.3) is 0 Å². The van der Waals surface area contributed by atoms with E-state index in [2.05, 4.69) is 26.8 Å². The van der Waals surface area contributed by atoms with E-state index in [1.165, 1.54) is 12.3 Å². The predicted octanol–water partition coefficient (Wildman–Crippen LogP) is 3.40. The minimum atomic E-state index is -4.39. The Labute approximate surface area is 138 Å². The Kier molecular flexibility index (Phi) is 4.80. The fourth-order valence-electron chi connectivity index (χ4n) is 2.84. The van der Waals surface area contributed by atoms with Crippen LogP contribution >= 0.6 is 0 Å². The lowest BCUT2D eigenvalue weighted by molar-refractivity contribution is -0.141. The third kappa shape index (κ3) is 3.90. The lowest BCUT2D eigenvalue weighted by Gasteiger charge is -2.28. The maximum atomic E-state index is 12.5. The molecule has 0 atom stereocenters. The Balaban J connectivity index is 1.65. The minimum absolute atomic E-state index is 0.571. The van der Waals surface area contributed by atoms with Gasteiger partial charge in [-0.3, -0.25) is 9.88 Å². The van der Waals surface area contributed by atoms with Gasteiger partial charge in [-0.2, -0.15) is 13.2 Å². The van der Waals surface area contributed by atoms with Crippen LogP contribution in [0.3, 0.4) is 0 Å². The average molecular weight is 336 g/mol. The van der Waals surface area contributed by atoms with Crippen molar-refractivity contribution in [3.8, 4) is 0 Å².